The van der Waals surface area contributed by atoms with Crippen molar-refractivity contribution in [3.05, 3.63) is 42.5 Å². The summed E-state index contributed by atoms with van der Waals surface area (Å²) in [5, 5.41) is 10.7. The van der Waals surface area contributed by atoms with Gasteiger partial charge in [-0.1, -0.05) is 12.1 Å². The maximum atomic E-state index is 12.0. The summed E-state index contributed by atoms with van der Waals surface area (Å²) >= 11 is 0. The molecule has 0 fully saturated rings. The number of benzene rings is 2. The van der Waals surface area contributed by atoms with Gasteiger partial charge in [0.15, 0.2) is 0 Å². The highest BCUT2D eigenvalue weighted by molar-refractivity contribution is 7.92. The first-order valence-corrected chi connectivity index (χ1v) is 10.1. The minimum atomic E-state index is -3.30. The van der Waals surface area contributed by atoms with Crippen LogP contribution in [0.5, 0.6) is 5.75 Å². The highest BCUT2D eigenvalue weighted by Gasteiger charge is 2.18. The molecule has 3 aromatic rings. The quantitative estimate of drug-likeness (QED) is 0.717. The molecule has 138 valence electrons. The lowest BCUT2D eigenvalue weighted by molar-refractivity contribution is 0.476. The SMILES string of the molecule is CCn1c(-c2ccc(N(C)S(=O)(=O)CC)cc2)c(N)c2ccc(O)cc21. The van der Waals surface area contributed by atoms with Crippen LogP contribution in [-0.4, -0.2) is 30.9 Å². The molecule has 3 rings (SSSR count). The van der Waals surface area contributed by atoms with Gasteiger partial charge in [-0.2, -0.15) is 0 Å². The van der Waals surface area contributed by atoms with Crippen molar-refractivity contribution < 1.29 is 13.5 Å². The van der Waals surface area contributed by atoms with Gasteiger partial charge in [-0.3, -0.25) is 4.31 Å². The second-order valence-electron chi connectivity index (χ2n) is 6.12. The molecule has 1 aromatic heterocycles. The molecule has 0 amide bonds. The average Bonchev–Trinajstić information content (AvgIpc) is 2.92. The molecule has 0 saturated heterocycles. The number of hydrogen-bond donors (Lipinski definition) is 2. The monoisotopic (exact) mass is 373 g/mol. The fraction of sp³-hybridized carbons (Fsp3) is 0.263. The third kappa shape index (κ3) is 2.88. The predicted octanol–water partition coefficient (Wildman–Crippen LogP) is 3.40. The van der Waals surface area contributed by atoms with Crippen LogP contribution in [0.4, 0.5) is 11.4 Å². The van der Waals surface area contributed by atoms with E-state index in [4.69, 9.17) is 5.73 Å². The third-order valence-corrected chi connectivity index (χ3v) is 6.46. The maximum absolute atomic E-state index is 12.0. The first-order valence-electron chi connectivity index (χ1n) is 8.47. The Kier molecular flexibility index (Phi) is 4.58. The van der Waals surface area contributed by atoms with E-state index >= 15 is 0 Å². The molecular weight excluding hydrogens is 350 g/mol. The lowest BCUT2D eigenvalue weighted by Crippen LogP contribution is -2.27. The lowest BCUT2D eigenvalue weighted by Gasteiger charge is -2.19. The topological polar surface area (TPSA) is 88.6 Å². The Balaban J connectivity index is 2.12. The number of nitrogen functional groups attached to an aromatic ring is 1. The van der Waals surface area contributed by atoms with Gasteiger partial charge in [-0.05, 0) is 38.1 Å². The Morgan fingerprint density at radius 3 is 2.35 bits per heavy atom. The number of aromatic hydroxyl groups is 1. The number of nitrogens with two attached hydrogens (primary N) is 1. The highest BCUT2D eigenvalue weighted by Crippen LogP contribution is 2.38. The minimum absolute atomic E-state index is 0.0474. The summed E-state index contributed by atoms with van der Waals surface area (Å²) in [6, 6.07) is 12.4. The number of sulfonamides is 1. The molecule has 6 nitrogen and oxygen atoms in total. The third-order valence-electron chi connectivity index (χ3n) is 4.69. The van der Waals surface area contributed by atoms with E-state index in [9.17, 15) is 13.5 Å². The first kappa shape index (κ1) is 18.1. The molecule has 26 heavy (non-hydrogen) atoms. The summed E-state index contributed by atoms with van der Waals surface area (Å²) in [4.78, 5) is 0. The van der Waals surface area contributed by atoms with E-state index in [0.29, 0.717) is 17.9 Å². The molecule has 0 aliphatic carbocycles. The predicted molar refractivity (Wildman–Crippen MR) is 107 cm³/mol. The zero-order valence-electron chi connectivity index (χ0n) is 15.1. The minimum Gasteiger partial charge on any atom is -0.508 e. The van der Waals surface area contributed by atoms with E-state index in [1.807, 2.05) is 29.7 Å². The average molecular weight is 373 g/mol. The van der Waals surface area contributed by atoms with Crippen LogP contribution < -0.4 is 10.0 Å². The van der Waals surface area contributed by atoms with Gasteiger partial charge in [-0.15, -0.1) is 0 Å². The highest BCUT2D eigenvalue weighted by atomic mass is 32.2. The number of hydrogen-bond acceptors (Lipinski definition) is 4. The number of phenolic OH excluding ortho intramolecular Hbond substituents is 1. The van der Waals surface area contributed by atoms with E-state index in [2.05, 4.69) is 0 Å². The van der Waals surface area contributed by atoms with E-state index in [0.717, 1.165) is 22.2 Å². The summed E-state index contributed by atoms with van der Waals surface area (Å²) in [5.41, 5.74) is 10.2. The van der Waals surface area contributed by atoms with E-state index in [1.54, 1.807) is 38.2 Å². The van der Waals surface area contributed by atoms with Crippen LogP contribution >= 0.6 is 0 Å². The summed E-state index contributed by atoms with van der Waals surface area (Å²) in [6.45, 7) is 4.33. The zero-order chi connectivity index (χ0) is 19.1. The molecule has 0 saturated carbocycles. The fourth-order valence-electron chi connectivity index (χ4n) is 3.19. The summed E-state index contributed by atoms with van der Waals surface area (Å²) in [7, 11) is -1.75. The molecule has 0 aliphatic heterocycles. The smallest absolute Gasteiger partial charge is 0.234 e. The molecule has 0 aliphatic rings. The van der Waals surface area contributed by atoms with Gasteiger partial charge < -0.3 is 15.4 Å². The number of fused-ring (bicyclic) bond motifs is 1. The van der Waals surface area contributed by atoms with Crippen molar-refractivity contribution in [1.82, 2.24) is 4.57 Å². The van der Waals surface area contributed by atoms with E-state index < -0.39 is 10.0 Å². The number of nitrogens with zero attached hydrogens (tertiary/aromatic N) is 2. The largest absolute Gasteiger partial charge is 0.508 e. The van der Waals surface area contributed by atoms with Crippen LogP contribution in [0.25, 0.3) is 22.2 Å². The molecule has 0 bridgehead atoms. The van der Waals surface area contributed by atoms with Crippen molar-refractivity contribution in [1.29, 1.82) is 0 Å². The molecule has 0 spiro atoms. The molecule has 7 heteroatoms. The molecule has 0 radical (unpaired) electrons. The van der Waals surface area contributed by atoms with Crippen LogP contribution in [0.1, 0.15) is 13.8 Å². The summed E-state index contributed by atoms with van der Waals surface area (Å²) in [6.07, 6.45) is 0. The molecule has 2 aromatic carbocycles. The number of anilines is 2. The number of phenols is 1. The van der Waals surface area contributed by atoms with Crippen molar-refractivity contribution in [2.75, 3.05) is 22.8 Å². The Morgan fingerprint density at radius 2 is 1.77 bits per heavy atom. The Bertz CT molecular complexity index is 1050. The van der Waals surface area contributed by atoms with Crippen LogP contribution in [0.3, 0.4) is 0 Å². The van der Waals surface area contributed by atoms with E-state index in [1.165, 1.54) is 4.31 Å². The van der Waals surface area contributed by atoms with Crippen molar-refractivity contribution >= 4 is 32.3 Å². The lowest BCUT2D eigenvalue weighted by atomic mass is 10.1. The van der Waals surface area contributed by atoms with Gasteiger partial charge in [0, 0.05) is 30.6 Å². The normalized spacial score (nSPS) is 11.8. The molecule has 1 heterocycles. The number of aryl methyl sites for hydroxylation is 1. The Hall–Kier alpha value is -2.67. The summed E-state index contributed by atoms with van der Waals surface area (Å²) in [5.74, 6) is 0.240. The van der Waals surface area contributed by atoms with Gasteiger partial charge in [0.1, 0.15) is 5.75 Å². The van der Waals surface area contributed by atoms with Crippen LogP contribution in [0.15, 0.2) is 42.5 Å². The number of aromatic nitrogens is 1. The second kappa shape index (κ2) is 6.57. The standard InChI is InChI=1S/C19H23N3O3S/c1-4-22-17-12-15(23)10-11-16(17)18(20)19(22)13-6-8-14(9-7-13)21(3)26(24,25)5-2/h6-12,23H,4-5,20H2,1-3H3. The molecule has 0 atom stereocenters. The number of rotatable bonds is 5. The van der Waals surface area contributed by atoms with Crippen molar-refractivity contribution in [2.24, 2.45) is 0 Å². The van der Waals surface area contributed by atoms with Gasteiger partial charge in [0.2, 0.25) is 10.0 Å². The Morgan fingerprint density at radius 1 is 1.12 bits per heavy atom. The molecular formula is C19H23N3O3S. The van der Waals surface area contributed by atoms with Gasteiger partial charge >= 0.3 is 0 Å². The van der Waals surface area contributed by atoms with Crippen molar-refractivity contribution in [3.63, 3.8) is 0 Å². The van der Waals surface area contributed by atoms with Crippen LogP contribution in [-0.2, 0) is 16.6 Å². The second-order valence-corrected chi connectivity index (χ2v) is 8.41. The van der Waals surface area contributed by atoms with Crippen molar-refractivity contribution in [2.45, 2.75) is 20.4 Å². The Labute approximate surface area is 153 Å². The molecule has 0 unspecified atom stereocenters. The van der Waals surface area contributed by atoms with Gasteiger partial charge in [0.05, 0.1) is 28.3 Å². The van der Waals surface area contributed by atoms with Gasteiger partial charge in [0.25, 0.3) is 0 Å². The van der Waals surface area contributed by atoms with E-state index in [-0.39, 0.29) is 11.5 Å². The van der Waals surface area contributed by atoms with Gasteiger partial charge in [-0.25, -0.2) is 8.42 Å². The first-order chi connectivity index (χ1) is 12.3. The van der Waals surface area contributed by atoms with Crippen molar-refractivity contribution in [3.8, 4) is 17.0 Å². The molecule has 3 N–H and O–H groups in total. The van der Waals surface area contributed by atoms with Crippen LogP contribution in [0, 0.1) is 0 Å². The fourth-order valence-corrected chi connectivity index (χ4v) is 4.02. The summed E-state index contributed by atoms with van der Waals surface area (Å²) < 4.78 is 27.4. The maximum Gasteiger partial charge on any atom is 0.234 e. The zero-order valence-corrected chi connectivity index (χ0v) is 15.9. The van der Waals surface area contributed by atoms with Crippen LogP contribution in [0.2, 0.25) is 0 Å².